The van der Waals surface area contributed by atoms with E-state index in [9.17, 15) is 9.18 Å². The quantitative estimate of drug-likeness (QED) is 0.709. The number of halogens is 1. The first-order valence-electron chi connectivity index (χ1n) is 5.75. The molecule has 1 aliphatic carbocycles. The van der Waals surface area contributed by atoms with Crippen LogP contribution in [0.15, 0.2) is 18.2 Å². The molecule has 1 aliphatic heterocycles. The summed E-state index contributed by atoms with van der Waals surface area (Å²) in [5.41, 5.74) is 2.45. The van der Waals surface area contributed by atoms with E-state index in [1.807, 2.05) is 6.07 Å². The van der Waals surface area contributed by atoms with E-state index in [4.69, 9.17) is 0 Å². The van der Waals surface area contributed by atoms with Gasteiger partial charge in [-0.05, 0) is 42.5 Å². The lowest BCUT2D eigenvalue weighted by molar-refractivity contribution is -0.123. The van der Waals surface area contributed by atoms with Crippen LogP contribution in [0, 0.1) is 5.82 Å². The molecular weight excluding hydrogens is 205 g/mol. The molecule has 84 valence electrons. The highest BCUT2D eigenvalue weighted by molar-refractivity contribution is 5.77. The van der Waals surface area contributed by atoms with Gasteiger partial charge in [0.25, 0.3) is 0 Å². The monoisotopic (exact) mass is 219 g/mol. The van der Waals surface area contributed by atoms with Gasteiger partial charge >= 0.3 is 0 Å². The molecule has 0 bridgehead atoms. The van der Waals surface area contributed by atoms with E-state index < -0.39 is 0 Å². The second-order valence-corrected chi connectivity index (χ2v) is 4.86. The van der Waals surface area contributed by atoms with Gasteiger partial charge in [-0.25, -0.2) is 4.39 Å². The molecule has 0 aromatic heterocycles. The highest BCUT2D eigenvalue weighted by atomic mass is 19.1. The van der Waals surface area contributed by atoms with E-state index in [2.05, 4.69) is 5.32 Å². The van der Waals surface area contributed by atoms with Crippen LogP contribution in [-0.2, 0) is 16.6 Å². The molecular formula is C13H14FNO. The molecule has 1 fully saturated rings. The molecule has 1 saturated heterocycles. The van der Waals surface area contributed by atoms with Gasteiger partial charge < -0.3 is 5.32 Å². The summed E-state index contributed by atoms with van der Waals surface area (Å²) < 4.78 is 13.1. The van der Waals surface area contributed by atoms with Gasteiger partial charge in [0.05, 0.1) is 0 Å². The van der Waals surface area contributed by atoms with Crippen molar-refractivity contribution in [2.45, 2.75) is 31.1 Å². The van der Waals surface area contributed by atoms with Crippen LogP contribution in [0.2, 0.25) is 0 Å². The van der Waals surface area contributed by atoms with Crippen molar-refractivity contribution in [1.82, 2.24) is 5.32 Å². The fourth-order valence-electron chi connectivity index (χ4n) is 3.04. The van der Waals surface area contributed by atoms with Gasteiger partial charge in [-0.15, -0.1) is 0 Å². The fraction of sp³-hybridized carbons (Fsp3) is 0.462. The lowest BCUT2D eigenvalue weighted by Gasteiger charge is -2.34. The zero-order valence-electron chi connectivity index (χ0n) is 9.05. The Bertz CT molecular complexity index is 445. The number of hydrogen-bond acceptors (Lipinski definition) is 1. The van der Waals surface area contributed by atoms with Crippen molar-refractivity contribution < 1.29 is 9.18 Å². The summed E-state index contributed by atoms with van der Waals surface area (Å²) in [6.07, 6.45) is 3.46. The number of fused-ring (bicyclic) bond motifs is 2. The summed E-state index contributed by atoms with van der Waals surface area (Å²) in [5.74, 6) is -0.0168. The summed E-state index contributed by atoms with van der Waals surface area (Å²) in [7, 11) is 0. The third kappa shape index (κ3) is 1.34. The summed E-state index contributed by atoms with van der Waals surface area (Å²) in [6, 6.07) is 5.07. The average molecular weight is 219 g/mol. The van der Waals surface area contributed by atoms with E-state index in [1.54, 1.807) is 6.07 Å². The number of amides is 1. The van der Waals surface area contributed by atoms with Crippen LogP contribution in [0.25, 0.3) is 0 Å². The van der Waals surface area contributed by atoms with E-state index in [0.29, 0.717) is 13.0 Å². The van der Waals surface area contributed by atoms with Gasteiger partial charge in [0, 0.05) is 18.4 Å². The first-order valence-corrected chi connectivity index (χ1v) is 5.75. The van der Waals surface area contributed by atoms with E-state index in [0.717, 1.165) is 24.8 Å². The number of aryl methyl sites for hydroxylation is 1. The van der Waals surface area contributed by atoms with Crippen LogP contribution in [0.1, 0.15) is 30.4 Å². The van der Waals surface area contributed by atoms with Crippen molar-refractivity contribution in [2.75, 3.05) is 6.54 Å². The van der Waals surface area contributed by atoms with E-state index in [-0.39, 0.29) is 17.1 Å². The smallest absolute Gasteiger partial charge is 0.220 e. The first kappa shape index (κ1) is 9.82. The minimum atomic E-state index is -0.157. The molecule has 1 N–H and O–H groups in total. The van der Waals surface area contributed by atoms with Crippen LogP contribution in [0.3, 0.4) is 0 Å². The number of hydrogen-bond donors (Lipinski definition) is 1. The minimum Gasteiger partial charge on any atom is -0.355 e. The number of rotatable bonds is 0. The molecule has 16 heavy (non-hydrogen) atoms. The van der Waals surface area contributed by atoms with Crippen molar-refractivity contribution in [3.05, 3.63) is 35.1 Å². The standard InChI is InChI=1S/C13H14FNO/c14-10-1-2-11-9(7-10)3-5-13(11)6-4-12(16)15-8-13/h1-2,7H,3-6,8H2,(H,15,16). The van der Waals surface area contributed by atoms with E-state index in [1.165, 1.54) is 11.6 Å². The predicted molar refractivity (Wildman–Crippen MR) is 58.6 cm³/mol. The second kappa shape index (κ2) is 3.30. The largest absolute Gasteiger partial charge is 0.355 e. The highest BCUT2D eigenvalue weighted by Gasteiger charge is 2.41. The third-order valence-corrected chi connectivity index (χ3v) is 3.97. The molecule has 1 aromatic rings. The summed E-state index contributed by atoms with van der Waals surface area (Å²) in [5, 5.41) is 2.94. The Labute approximate surface area is 93.9 Å². The van der Waals surface area contributed by atoms with Crippen LogP contribution in [-0.4, -0.2) is 12.5 Å². The zero-order chi connectivity index (χ0) is 11.2. The Morgan fingerprint density at radius 3 is 2.81 bits per heavy atom. The van der Waals surface area contributed by atoms with Crippen LogP contribution >= 0.6 is 0 Å². The number of carbonyl (C=O) groups is 1. The molecule has 0 saturated carbocycles. The van der Waals surface area contributed by atoms with Gasteiger partial charge in [-0.2, -0.15) is 0 Å². The molecule has 1 aromatic carbocycles. The molecule has 1 spiro atoms. The number of nitrogens with one attached hydrogen (secondary N) is 1. The number of piperidine rings is 1. The van der Waals surface area contributed by atoms with Crippen LogP contribution in [0.4, 0.5) is 4.39 Å². The Kier molecular flexibility index (Phi) is 2.03. The van der Waals surface area contributed by atoms with Crippen molar-refractivity contribution in [2.24, 2.45) is 0 Å². The Balaban J connectivity index is 1.99. The van der Waals surface area contributed by atoms with Crippen LogP contribution < -0.4 is 5.32 Å². The Morgan fingerprint density at radius 2 is 2.06 bits per heavy atom. The van der Waals surface area contributed by atoms with Gasteiger partial charge in [0.15, 0.2) is 0 Å². The van der Waals surface area contributed by atoms with E-state index >= 15 is 0 Å². The number of benzene rings is 1. The Hall–Kier alpha value is -1.38. The normalized spacial score (nSPS) is 27.9. The zero-order valence-corrected chi connectivity index (χ0v) is 9.05. The third-order valence-electron chi connectivity index (χ3n) is 3.97. The molecule has 1 atom stereocenters. The van der Waals surface area contributed by atoms with Gasteiger partial charge in [-0.1, -0.05) is 6.07 Å². The highest BCUT2D eigenvalue weighted by Crippen LogP contribution is 2.43. The molecule has 3 rings (SSSR count). The molecule has 1 amide bonds. The lowest BCUT2D eigenvalue weighted by atomic mass is 9.76. The summed E-state index contributed by atoms with van der Waals surface area (Å²) in [6.45, 7) is 0.713. The maximum Gasteiger partial charge on any atom is 0.220 e. The molecule has 0 radical (unpaired) electrons. The maximum absolute atomic E-state index is 13.1. The van der Waals surface area contributed by atoms with Gasteiger partial charge in [0.1, 0.15) is 5.82 Å². The second-order valence-electron chi connectivity index (χ2n) is 4.86. The molecule has 1 unspecified atom stereocenters. The number of carbonyl (C=O) groups excluding carboxylic acids is 1. The first-order chi connectivity index (χ1) is 7.70. The molecule has 2 aliphatic rings. The Morgan fingerprint density at radius 1 is 1.25 bits per heavy atom. The topological polar surface area (TPSA) is 29.1 Å². The SMILES string of the molecule is O=C1CCC2(CCc3cc(F)ccc32)CN1. The molecule has 3 heteroatoms. The average Bonchev–Trinajstić information content (AvgIpc) is 2.62. The fourth-order valence-corrected chi connectivity index (χ4v) is 3.04. The molecule has 1 heterocycles. The maximum atomic E-state index is 13.1. The molecule has 2 nitrogen and oxygen atoms in total. The summed E-state index contributed by atoms with van der Waals surface area (Å²) >= 11 is 0. The summed E-state index contributed by atoms with van der Waals surface area (Å²) in [4.78, 5) is 11.2. The van der Waals surface area contributed by atoms with Gasteiger partial charge in [0.2, 0.25) is 5.91 Å². The van der Waals surface area contributed by atoms with Crippen molar-refractivity contribution in [3.8, 4) is 0 Å². The van der Waals surface area contributed by atoms with Gasteiger partial charge in [-0.3, -0.25) is 4.79 Å². The minimum absolute atomic E-state index is 0.0803. The predicted octanol–water partition coefficient (Wildman–Crippen LogP) is 1.92. The van der Waals surface area contributed by atoms with Crippen molar-refractivity contribution >= 4 is 5.91 Å². The van der Waals surface area contributed by atoms with Crippen molar-refractivity contribution in [1.29, 1.82) is 0 Å². The lowest BCUT2D eigenvalue weighted by Crippen LogP contribution is -2.44. The van der Waals surface area contributed by atoms with Crippen LogP contribution in [0.5, 0.6) is 0 Å². The van der Waals surface area contributed by atoms with Crippen molar-refractivity contribution in [3.63, 3.8) is 0 Å².